The number of aromatic nitrogens is 4. The first-order valence-corrected chi connectivity index (χ1v) is 25.8. The Balaban J connectivity index is 0.840. The van der Waals surface area contributed by atoms with Crippen LogP contribution in [0.4, 0.5) is 38.9 Å². The standard InChI is InChI=1S/C49H56BrFN11O8P/c1-28-7-8-37(44(29(28)2)71(67,69-5)70-6)54-45-35(50)26-52-49(57-45)55-38-22-32(31-25-53-58(3)27-31)40(24-42(38)68-4)61-19-17-59(18-20-61)14-11-30-12-15-60(16-13-30)41-23-34-33(21-36(41)51)47(65)62(48(34)66)39-9-10-43(63)56-46(39)64/h7-8,21-27,30,39H,9-20H2,1-6H3,(H,56,63,64)(H2,52,54,55,57). The summed E-state index contributed by atoms with van der Waals surface area (Å²) in [5, 5.41) is 13.8. The van der Waals surface area contributed by atoms with Crippen LogP contribution in [0.3, 0.4) is 0 Å². The van der Waals surface area contributed by atoms with Gasteiger partial charge in [-0.2, -0.15) is 10.1 Å². The molecular formula is C49H56BrFN11O8P. The predicted octanol–water partition coefficient (Wildman–Crippen LogP) is 6.83. The van der Waals surface area contributed by atoms with Crippen molar-refractivity contribution < 1.29 is 41.9 Å². The number of hydrogen-bond donors (Lipinski definition) is 3. The number of methoxy groups -OCH3 is 1. The number of carbonyl (C=O) groups excluding carboxylic acids is 4. The second kappa shape index (κ2) is 20.5. The van der Waals surface area contributed by atoms with Gasteiger partial charge in [0.15, 0.2) is 0 Å². The van der Waals surface area contributed by atoms with Gasteiger partial charge >= 0.3 is 7.60 Å². The van der Waals surface area contributed by atoms with E-state index in [2.05, 4.69) is 51.8 Å². The second-order valence-corrected chi connectivity index (χ2v) is 21.2. The summed E-state index contributed by atoms with van der Waals surface area (Å²) in [7, 11) is 2.57. The van der Waals surface area contributed by atoms with Crippen LogP contribution in [0.2, 0.25) is 0 Å². The number of fused-ring (bicyclic) bond motifs is 1. The van der Waals surface area contributed by atoms with Gasteiger partial charge in [0.2, 0.25) is 17.8 Å². The second-order valence-electron chi connectivity index (χ2n) is 18.2. The minimum Gasteiger partial charge on any atom is -0.494 e. The number of imide groups is 2. The fraction of sp³-hybridized carbons (Fsp3) is 0.408. The van der Waals surface area contributed by atoms with E-state index in [0.29, 0.717) is 51.7 Å². The quantitative estimate of drug-likeness (QED) is 0.0726. The normalized spacial score (nSPS) is 18.0. The fourth-order valence-electron chi connectivity index (χ4n) is 9.93. The zero-order chi connectivity index (χ0) is 50.3. The third-order valence-electron chi connectivity index (χ3n) is 14.1. The van der Waals surface area contributed by atoms with E-state index in [4.69, 9.17) is 18.8 Å². The highest BCUT2D eigenvalue weighted by atomic mass is 79.9. The molecule has 3 aromatic carbocycles. The van der Waals surface area contributed by atoms with E-state index in [-0.39, 0.29) is 35.6 Å². The van der Waals surface area contributed by atoms with Crippen LogP contribution >= 0.6 is 23.5 Å². The number of piperazine rings is 1. The number of benzene rings is 3. The molecular weight excluding hydrogens is 1000 g/mol. The van der Waals surface area contributed by atoms with E-state index in [9.17, 15) is 23.7 Å². The summed E-state index contributed by atoms with van der Waals surface area (Å²) in [5.41, 5.74) is 6.02. The van der Waals surface area contributed by atoms with Crippen molar-refractivity contribution in [3.63, 3.8) is 0 Å². The molecule has 374 valence electrons. The summed E-state index contributed by atoms with van der Waals surface area (Å²) >= 11 is 3.58. The van der Waals surface area contributed by atoms with Gasteiger partial charge in [-0.3, -0.25) is 43.5 Å². The van der Waals surface area contributed by atoms with E-state index < -0.39 is 43.1 Å². The van der Waals surface area contributed by atoms with Gasteiger partial charge in [0.25, 0.3) is 11.8 Å². The Kier molecular flexibility index (Phi) is 14.3. The number of amides is 4. The largest absolute Gasteiger partial charge is 0.494 e. The number of nitrogens with zero attached hydrogens (tertiary/aromatic N) is 8. The molecule has 3 N–H and O–H groups in total. The molecule has 0 bridgehead atoms. The third-order valence-corrected chi connectivity index (χ3v) is 16.7. The number of rotatable bonds is 15. The van der Waals surface area contributed by atoms with Crippen LogP contribution in [0.15, 0.2) is 59.5 Å². The van der Waals surface area contributed by atoms with Crippen molar-refractivity contribution in [1.82, 2.24) is 34.9 Å². The van der Waals surface area contributed by atoms with Crippen molar-refractivity contribution in [3.8, 4) is 16.9 Å². The molecule has 71 heavy (non-hydrogen) atoms. The van der Waals surface area contributed by atoms with E-state index >= 15 is 4.39 Å². The SMILES string of the molecule is COc1cc(N2CCN(CCC3CCN(c4cc5c(cc4F)C(=O)N(C4CCC(=O)NC4=O)C5=O)CC3)CC2)c(-c2cnn(C)c2)cc1Nc1ncc(Br)c(Nc2ccc(C)c(C)c2P(=O)(OC)OC)n1. The molecule has 3 fully saturated rings. The van der Waals surface area contributed by atoms with Gasteiger partial charge in [-0.05, 0) is 103 Å². The van der Waals surface area contributed by atoms with Crippen LogP contribution in [0, 0.1) is 25.6 Å². The number of halogens is 2. The Bertz CT molecular complexity index is 2970. The van der Waals surface area contributed by atoms with E-state index in [0.717, 1.165) is 90.9 Å². The summed E-state index contributed by atoms with van der Waals surface area (Å²) in [6.45, 7) is 9.20. The average molecular weight is 1060 g/mol. The van der Waals surface area contributed by atoms with Gasteiger partial charge in [0.05, 0.1) is 51.3 Å². The third kappa shape index (κ3) is 9.89. The van der Waals surface area contributed by atoms with Crippen LogP contribution in [0.5, 0.6) is 5.75 Å². The maximum atomic E-state index is 15.6. The van der Waals surface area contributed by atoms with Gasteiger partial charge in [-0.25, -0.2) is 9.37 Å². The monoisotopic (exact) mass is 1060 g/mol. The molecule has 2 aromatic heterocycles. The van der Waals surface area contributed by atoms with Gasteiger partial charge in [0.1, 0.15) is 23.4 Å². The van der Waals surface area contributed by atoms with Crippen molar-refractivity contribution in [2.75, 3.05) is 87.6 Å². The number of hydrogen-bond acceptors (Lipinski definition) is 16. The van der Waals surface area contributed by atoms with Gasteiger partial charge in [-0.15, -0.1) is 0 Å². The molecule has 9 rings (SSSR count). The highest BCUT2D eigenvalue weighted by Crippen LogP contribution is 2.49. The lowest BCUT2D eigenvalue weighted by Gasteiger charge is -2.39. The first-order valence-electron chi connectivity index (χ1n) is 23.5. The summed E-state index contributed by atoms with van der Waals surface area (Å²) in [6, 6.07) is 9.24. The topological polar surface area (TPSA) is 206 Å². The summed E-state index contributed by atoms with van der Waals surface area (Å²) in [4.78, 5) is 67.9. The van der Waals surface area contributed by atoms with E-state index in [1.807, 2.05) is 62.5 Å². The van der Waals surface area contributed by atoms with Crippen molar-refractivity contribution in [2.24, 2.45) is 13.0 Å². The maximum absolute atomic E-state index is 15.6. The Morgan fingerprint density at radius 1 is 0.845 bits per heavy atom. The number of carbonyl (C=O) groups is 4. The van der Waals surface area contributed by atoms with Crippen molar-refractivity contribution in [2.45, 2.75) is 52.0 Å². The van der Waals surface area contributed by atoms with Crippen LogP contribution < -0.4 is 35.8 Å². The Morgan fingerprint density at radius 2 is 1.55 bits per heavy atom. The summed E-state index contributed by atoms with van der Waals surface area (Å²) < 4.78 is 48.5. The summed E-state index contributed by atoms with van der Waals surface area (Å²) in [6.07, 6.45) is 8.18. The van der Waals surface area contributed by atoms with Crippen LogP contribution in [0.25, 0.3) is 11.1 Å². The minimum atomic E-state index is -3.66. The molecule has 4 aliphatic rings. The molecule has 0 saturated carbocycles. The Labute approximate surface area is 419 Å². The number of aryl methyl sites for hydroxylation is 2. The summed E-state index contributed by atoms with van der Waals surface area (Å²) in [5.74, 6) is -1.39. The average Bonchev–Trinajstić information content (AvgIpc) is 3.91. The van der Waals surface area contributed by atoms with Crippen LogP contribution in [-0.4, -0.2) is 126 Å². The number of ether oxygens (including phenoxy) is 1. The molecule has 19 nitrogen and oxygen atoms in total. The van der Waals surface area contributed by atoms with Crippen molar-refractivity contribution >= 4 is 87.0 Å². The fourth-order valence-corrected chi connectivity index (χ4v) is 11.7. The molecule has 1 unspecified atom stereocenters. The van der Waals surface area contributed by atoms with Crippen LogP contribution in [-0.2, 0) is 30.2 Å². The highest BCUT2D eigenvalue weighted by Gasteiger charge is 2.45. The van der Waals surface area contributed by atoms with E-state index in [1.54, 1.807) is 18.0 Å². The lowest BCUT2D eigenvalue weighted by molar-refractivity contribution is -0.136. The van der Waals surface area contributed by atoms with Crippen molar-refractivity contribution in [1.29, 1.82) is 0 Å². The van der Waals surface area contributed by atoms with Gasteiger partial charge in [0, 0.05) is 102 Å². The molecule has 0 aliphatic carbocycles. The molecule has 1 atom stereocenters. The molecule has 5 aromatic rings. The molecule has 6 heterocycles. The van der Waals surface area contributed by atoms with Gasteiger partial charge in [-0.1, -0.05) is 6.07 Å². The zero-order valence-corrected chi connectivity index (χ0v) is 42.9. The Hall–Kier alpha value is -6.25. The zero-order valence-electron chi connectivity index (χ0n) is 40.4. The van der Waals surface area contributed by atoms with E-state index in [1.165, 1.54) is 20.3 Å². The highest BCUT2D eigenvalue weighted by molar-refractivity contribution is 9.10. The molecule has 22 heteroatoms. The molecule has 4 amide bonds. The molecule has 3 saturated heterocycles. The predicted molar refractivity (Wildman–Crippen MR) is 270 cm³/mol. The lowest BCUT2D eigenvalue weighted by atomic mass is 9.92. The molecule has 0 radical (unpaired) electrons. The first kappa shape index (κ1) is 49.7. The maximum Gasteiger partial charge on any atom is 0.363 e. The molecule has 0 spiro atoms. The van der Waals surface area contributed by atoms with Crippen molar-refractivity contribution in [3.05, 3.63) is 87.5 Å². The lowest BCUT2D eigenvalue weighted by Crippen LogP contribution is -2.54. The van der Waals surface area contributed by atoms with Gasteiger partial charge < -0.3 is 34.2 Å². The molecule has 4 aliphatic heterocycles. The minimum absolute atomic E-state index is 0.00984. The number of piperidine rings is 2. The first-order chi connectivity index (χ1) is 34.1. The smallest absolute Gasteiger partial charge is 0.363 e. The Morgan fingerprint density at radius 3 is 2.21 bits per heavy atom. The van der Waals surface area contributed by atoms with Crippen LogP contribution in [0.1, 0.15) is 63.9 Å². The number of anilines is 6. The number of nitrogens with one attached hydrogen (secondary N) is 3.